The third kappa shape index (κ3) is 6.62. The molecule has 2 aromatic rings. The third-order valence-electron chi connectivity index (χ3n) is 3.75. The van der Waals surface area contributed by atoms with Crippen LogP contribution in [0.25, 0.3) is 6.08 Å². The van der Waals surface area contributed by atoms with E-state index in [2.05, 4.69) is 15.4 Å². The summed E-state index contributed by atoms with van der Waals surface area (Å²) in [6.45, 7) is -0.457. The van der Waals surface area contributed by atoms with E-state index < -0.39 is 24.5 Å². The largest absolute Gasteiger partial charge is 0.465 e. The minimum atomic E-state index is -0.688. The highest BCUT2D eigenvalue weighted by Crippen LogP contribution is 2.10. The molecule has 0 saturated carbocycles. The minimum Gasteiger partial charge on any atom is -0.465 e. The standard InChI is InChI=1S/C21H20N2O6/c1-22-20(26)15-8-10-17(11-9-15)23-18(24)13-29-19(25)12-5-14-3-6-16(7-4-14)21(27)28-2/h3-12H,13H2,1-2H3,(H,22,26)(H,23,24)/b12-5+. The fourth-order valence-electron chi connectivity index (χ4n) is 2.24. The number of ether oxygens (including phenoxy) is 2. The molecule has 0 bridgehead atoms. The van der Waals surface area contributed by atoms with E-state index in [1.807, 2.05) is 0 Å². The molecule has 0 aliphatic carbocycles. The minimum absolute atomic E-state index is 0.233. The van der Waals surface area contributed by atoms with E-state index in [1.54, 1.807) is 48.5 Å². The summed E-state index contributed by atoms with van der Waals surface area (Å²) >= 11 is 0. The van der Waals surface area contributed by atoms with E-state index in [0.717, 1.165) is 0 Å². The van der Waals surface area contributed by atoms with Gasteiger partial charge >= 0.3 is 11.9 Å². The molecule has 0 heterocycles. The fourth-order valence-corrected chi connectivity index (χ4v) is 2.24. The molecular formula is C21H20N2O6. The zero-order chi connectivity index (χ0) is 21.2. The van der Waals surface area contributed by atoms with Gasteiger partial charge in [-0.05, 0) is 48.0 Å². The normalized spacial score (nSPS) is 10.3. The number of benzene rings is 2. The Morgan fingerprint density at radius 1 is 0.931 bits per heavy atom. The van der Waals surface area contributed by atoms with Gasteiger partial charge < -0.3 is 20.1 Å². The first-order chi connectivity index (χ1) is 13.9. The Bertz CT molecular complexity index is 917. The maximum Gasteiger partial charge on any atom is 0.337 e. The zero-order valence-corrected chi connectivity index (χ0v) is 15.9. The fraction of sp³-hybridized carbons (Fsp3) is 0.143. The number of methoxy groups -OCH3 is 1. The zero-order valence-electron chi connectivity index (χ0n) is 15.9. The molecule has 0 aromatic heterocycles. The van der Waals surface area contributed by atoms with Crippen LogP contribution in [-0.2, 0) is 19.1 Å². The lowest BCUT2D eigenvalue weighted by molar-refractivity contribution is -0.142. The summed E-state index contributed by atoms with van der Waals surface area (Å²) in [5, 5.41) is 5.06. The molecule has 0 spiro atoms. The average Bonchev–Trinajstić information content (AvgIpc) is 2.76. The maximum atomic E-state index is 11.9. The third-order valence-corrected chi connectivity index (χ3v) is 3.75. The van der Waals surface area contributed by atoms with Crippen LogP contribution in [-0.4, -0.2) is 44.5 Å². The molecule has 0 unspecified atom stereocenters. The van der Waals surface area contributed by atoms with Crippen molar-refractivity contribution >= 4 is 35.5 Å². The molecule has 0 fully saturated rings. The van der Waals surface area contributed by atoms with Gasteiger partial charge in [0.15, 0.2) is 6.61 Å². The van der Waals surface area contributed by atoms with Gasteiger partial charge in [-0.15, -0.1) is 0 Å². The molecule has 2 rings (SSSR count). The number of esters is 2. The van der Waals surface area contributed by atoms with E-state index in [9.17, 15) is 19.2 Å². The van der Waals surface area contributed by atoms with Gasteiger partial charge in [0.1, 0.15) is 0 Å². The Morgan fingerprint density at radius 2 is 1.55 bits per heavy atom. The van der Waals surface area contributed by atoms with Crippen LogP contribution in [0.4, 0.5) is 5.69 Å². The Kier molecular flexibility index (Phi) is 7.67. The molecule has 2 aromatic carbocycles. The van der Waals surface area contributed by atoms with Crippen molar-refractivity contribution in [1.29, 1.82) is 0 Å². The van der Waals surface area contributed by atoms with Gasteiger partial charge in [-0.2, -0.15) is 0 Å². The molecule has 150 valence electrons. The quantitative estimate of drug-likeness (QED) is 0.547. The summed E-state index contributed by atoms with van der Waals surface area (Å²) in [6, 6.07) is 12.7. The summed E-state index contributed by atoms with van der Waals surface area (Å²) in [4.78, 5) is 46.4. The first kappa shape index (κ1) is 21.4. The summed E-state index contributed by atoms with van der Waals surface area (Å²) < 4.78 is 9.49. The Hall–Kier alpha value is -3.94. The molecule has 2 amide bonds. The maximum absolute atomic E-state index is 11.9. The molecule has 2 N–H and O–H groups in total. The monoisotopic (exact) mass is 396 g/mol. The van der Waals surface area contributed by atoms with Gasteiger partial charge in [-0.25, -0.2) is 9.59 Å². The highest BCUT2D eigenvalue weighted by Gasteiger charge is 2.08. The van der Waals surface area contributed by atoms with Gasteiger partial charge in [-0.1, -0.05) is 12.1 Å². The number of rotatable bonds is 7. The van der Waals surface area contributed by atoms with E-state index in [0.29, 0.717) is 22.4 Å². The molecule has 0 atom stereocenters. The molecule has 8 heteroatoms. The van der Waals surface area contributed by atoms with Crippen LogP contribution in [0.1, 0.15) is 26.3 Å². The lowest BCUT2D eigenvalue weighted by atomic mass is 10.1. The highest BCUT2D eigenvalue weighted by molar-refractivity contribution is 5.97. The second kappa shape index (κ2) is 10.4. The highest BCUT2D eigenvalue weighted by atomic mass is 16.5. The van der Waals surface area contributed by atoms with Crippen molar-refractivity contribution in [1.82, 2.24) is 5.32 Å². The number of anilines is 1. The van der Waals surface area contributed by atoms with E-state index in [1.165, 1.54) is 26.3 Å². The number of amides is 2. The molecule has 0 radical (unpaired) electrons. The molecule has 0 aliphatic rings. The Balaban J connectivity index is 1.80. The second-order valence-electron chi connectivity index (χ2n) is 5.76. The van der Waals surface area contributed by atoms with Gasteiger partial charge in [0.2, 0.25) is 0 Å². The van der Waals surface area contributed by atoms with Crippen molar-refractivity contribution in [3.05, 3.63) is 71.3 Å². The smallest absolute Gasteiger partial charge is 0.337 e. The lowest BCUT2D eigenvalue weighted by Gasteiger charge is -2.06. The topological polar surface area (TPSA) is 111 Å². The van der Waals surface area contributed by atoms with E-state index in [-0.39, 0.29) is 5.91 Å². The van der Waals surface area contributed by atoms with Crippen molar-refractivity contribution in [2.75, 3.05) is 26.1 Å². The van der Waals surface area contributed by atoms with Gasteiger partial charge in [0.25, 0.3) is 11.8 Å². The summed E-state index contributed by atoms with van der Waals surface area (Å²) in [5.41, 5.74) is 2.00. The number of hydrogen-bond donors (Lipinski definition) is 2. The van der Waals surface area contributed by atoms with E-state index >= 15 is 0 Å². The number of hydrogen-bond acceptors (Lipinski definition) is 6. The molecule has 0 aliphatic heterocycles. The van der Waals surface area contributed by atoms with Crippen LogP contribution in [0.2, 0.25) is 0 Å². The van der Waals surface area contributed by atoms with Crippen molar-refractivity contribution in [3.63, 3.8) is 0 Å². The van der Waals surface area contributed by atoms with Crippen LogP contribution in [0.3, 0.4) is 0 Å². The molecule has 8 nitrogen and oxygen atoms in total. The number of nitrogens with one attached hydrogen (secondary N) is 2. The Labute approximate surface area is 167 Å². The SMILES string of the molecule is CNC(=O)c1ccc(NC(=O)COC(=O)/C=C/c2ccc(C(=O)OC)cc2)cc1. The van der Waals surface area contributed by atoms with Crippen molar-refractivity contribution < 1.29 is 28.7 Å². The first-order valence-corrected chi connectivity index (χ1v) is 8.58. The predicted octanol–water partition coefficient (Wildman–Crippen LogP) is 2.03. The Morgan fingerprint density at radius 3 is 2.14 bits per heavy atom. The van der Waals surface area contributed by atoms with Crippen LogP contribution in [0.15, 0.2) is 54.6 Å². The van der Waals surface area contributed by atoms with Crippen LogP contribution < -0.4 is 10.6 Å². The molecular weight excluding hydrogens is 376 g/mol. The van der Waals surface area contributed by atoms with Crippen LogP contribution >= 0.6 is 0 Å². The summed E-state index contributed by atoms with van der Waals surface area (Å²) in [7, 11) is 2.82. The van der Waals surface area contributed by atoms with Crippen molar-refractivity contribution in [2.24, 2.45) is 0 Å². The van der Waals surface area contributed by atoms with E-state index in [4.69, 9.17) is 4.74 Å². The molecule has 29 heavy (non-hydrogen) atoms. The van der Waals surface area contributed by atoms with Crippen molar-refractivity contribution in [2.45, 2.75) is 0 Å². The lowest BCUT2D eigenvalue weighted by Crippen LogP contribution is -2.20. The number of carbonyl (C=O) groups is 4. The first-order valence-electron chi connectivity index (χ1n) is 8.58. The number of carbonyl (C=O) groups excluding carboxylic acids is 4. The summed E-state index contributed by atoms with van der Waals surface area (Å²) in [6.07, 6.45) is 2.68. The summed E-state index contributed by atoms with van der Waals surface area (Å²) in [5.74, 6) is -1.88. The average molecular weight is 396 g/mol. The van der Waals surface area contributed by atoms with Gasteiger partial charge in [-0.3, -0.25) is 9.59 Å². The van der Waals surface area contributed by atoms with Crippen LogP contribution in [0.5, 0.6) is 0 Å². The van der Waals surface area contributed by atoms with Crippen LogP contribution in [0, 0.1) is 0 Å². The van der Waals surface area contributed by atoms with Gasteiger partial charge in [0, 0.05) is 24.4 Å². The molecule has 0 saturated heterocycles. The second-order valence-corrected chi connectivity index (χ2v) is 5.76. The van der Waals surface area contributed by atoms with Crippen molar-refractivity contribution in [3.8, 4) is 0 Å². The van der Waals surface area contributed by atoms with Gasteiger partial charge in [0.05, 0.1) is 12.7 Å². The predicted molar refractivity (Wildman–Crippen MR) is 106 cm³/mol.